The van der Waals surface area contributed by atoms with E-state index in [-0.39, 0.29) is 22.9 Å². The molecule has 0 unspecified atom stereocenters. The Labute approximate surface area is 233 Å². The molecule has 1 amide bonds. The number of nitrogens with zero attached hydrogens (tertiary/aromatic N) is 3. The van der Waals surface area contributed by atoms with Crippen molar-refractivity contribution in [2.45, 2.75) is 13.8 Å². The lowest BCUT2D eigenvalue weighted by atomic mass is 10.1. The van der Waals surface area contributed by atoms with Crippen molar-refractivity contribution >= 4 is 17.3 Å². The maximum absolute atomic E-state index is 13.7. The fraction of sp³-hybridized carbons (Fsp3) is 0.258. The standard InChI is InChI=1S/C31H33N5O4/c1-22-17-23(2)19-27(18-22)40-28-21-33-36(26-9-4-3-5-10-26)31(38)29(28)34-25-8-6-7-24(20-25)30(37)32-11-12-35-13-15-39-16-14-35/h3-10,17-21,34H,11-16H2,1-2H3,(H,32,37). The van der Waals surface area contributed by atoms with Crippen LogP contribution in [-0.4, -0.2) is 60.0 Å². The third-order valence-electron chi connectivity index (χ3n) is 6.58. The lowest BCUT2D eigenvalue weighted by molar-refractivity contribution is 0.0383. The zero-order valence-electron chi connectivity index (χ0n) is 22.7. The van der Waals surface area contributed by atoms with E-state index in [4.69, 9.17) is 9.47 Å². The smallest absolute Gasteiger partial charge is 0.299 e. The van der Waals surface area contributed by atoms with Crippen LogP contribution in [-0.2, 0) is 4.74 Å². The van der Waals surface area contributed by atoms with Crippen LogP contribution in [0.1, 0.15) is 21.5 Å². The van der Waals surface area contributed by atoms with Gasteiger partial charge in [-0.3, -0.25) is 14.5 Å². The van der Waals surface area contributed by atoms with Gasteiger partial charge in [0.2, 0.25) is 0 Å². The van der Waals surface area contributed by atoms with Crippen molar-refractivity contribution < 1.29 is 14.3 Å². The second kappa shape index (κ2) is 12.6. The first-order valence-corrected chi connectivity index (χ1v) is 13.4. The molecular formula is C31H33N5O4. The molecule has 1 saturated heterocycles. The molecule has 1 aliphatic rings. The quantitative estimate of drug-likeness (QED) is 0.324. The van der Waals surface area contributed by atoms with Crippen LogP contribution < -0.4 is 20.9 Å². The molecule has 0 saturated carbocycles. The minimum Gasteiger partial charge on any atom is -0.453 e. The molecule has 1 aliphatic heterocycles. The molecule has 4 aromatic rings. The van der Waals surface area contributed by atoms with Crippen molar-refractivity contribution in [3.05, 3.63) is 106 Å². The number of amides is 1. The molecule has 0 aliphatic carbocycles. The zero-order valence-corrected chi connectivity index (χ0v) is 22.7. The highest BCUT2D eigenvalue weighted by atomic mass is 16.5. The van der Waals surface area contributed by atoms with Crippen LogP contribution in [0.15, 0.2) is 83.8 Å². The average Bonchev–Trinajstić information content (AvgIpc) is 2.96. The molecule has 0 radical (unpaired) electrons. The van der Waals surface area contributed by atoms with Crippen molar-refractivity contribution in [1.82, 2.24) is 20.0 Å². The number of morpholine rings is 1. The van der Waals surface area contributed by atoms with E-state index in [0.29, 0.717) is 29.2 Å². The summed E-state index contributed by atoms with van der Waals surface area (Å²) in [5, 5.41) is 10.6. The highest BCUT2D eigenvalue weighted by Crippen LogP contribution is 2.30. The summed E-state index contributed by atoms with van der Waals surface area (Å²) < 4.78 is 12.9. The number of benzene rings is 3. The minimum absolute atomic E-state index is 0.181. The molecule has 0 atom stereocenters. The Hall–Kier alpha value is -4.47. The Morgan fingerprint density at radius 1 is 0.975 bits per heavy atom. The second-order valence-electron chi connectivity index (χ2n) is 9.78. The maximum atomic E-state index is 13.7. The fourth-order valence-electron chi connectivity index (χ4n) is 4.64. The van der Waals surface area contributed by atoms with Crippen molar-refractivity contribution in [3.8, 4) is 17.2 Å². The van der Waals surface area contributed by atoms with Gasteiger partial charge in [-0.15, -0.1) is 0 Å². The van der Waals surface area contributed by atoms with Gasteiger partial charge in [0.1, 0.15) is 5.75 Å². The summed E-state index contributed by atoms with van der Waals surface area (Å²) in [6.07, 6.45) is 1.52. The van der Waals surface area contributed by atoms with Crippen molar-refractivity contribution in [2.75, 3.05) is 44.7 Å². The number of carbonyl (C=O) groups excluding carboxylic acids is 1. The van der Waals surface area contributed by atoms with Gasteiger partial charge in [0.15, 0.2) is 11.4 Å². The number of para-hydroxylation sites is 1. The first-order valence-electron chi connectivity index (χ1n) is 13.4. The molecule has 1 fully saturated rings. The molecule has 2 heterocycles. The van der Waals surface area contributed by atoms with Gasteiger partial charge >= 0.3 is 0 Å². The first-order chi connectivity index (χ1) is 19.5. The van der Waals surface area contributed by atoms with Gasteiger partial charge in [-0.2, -0.15) is 9.78 Å². The summed E-state index contributed by atoms with van der Waals surface area (Å²) in [7, 11) is 0. The minimum atomic E-state index is -0.381. The summed E-state index contributed by atoms with van der Waals surface area (Å²) in [5.41, 5.74) is 3.61. The summed E-state index contributed by atoms with van der Waals surface area (Å²) in [4.78, 5) is 28.8. The Bertz CT molecular complexity index is 1510. The Kier molecular flexibility index (Phi) is 8.53. The SMILES string of the molecule is Cc1cc(C)cc(Oc2cnn(-c3ccccc3)c(=O)c2Nc2cccc(C(=O)NCCN3CCOCC3)c2)c1. The normalized spacial score (nSPS) is 13.6. The molecule has 1 aromatic heterocycles. The number of ether oxygens (including phenoxy) is 2. The molecule has 9 nitrogen and oxygen atoms in total. The van der Waals surface area contributed by atoms with Gasteiger partial charge in [-0.05, 0) is 67.4 Å². The molecule has 0 spiro atoms. The largest absolute Gasteiger partial charge is 0.453 e. The number of hydrogen-bond acceptors (Lipinski definition) is 7. The predicted octanol–water partition coefficient (Wildman–Crippen LogP) is 4.45. The van der Waals surface area contributed by atoms with Gasteiger partial charge in [0, 0.05) is 37.4 Å². The van der Waals surface area contributed by atoms with Gasteiger partial charge in [0.25, 0.3) is 11.5 Å². The third-order valence-corrected chi connectivity index (χ3v) is 6.58. The summed E-state index contributed by atoms with van der Waals surface area (Å²) in [6.45, 7) is 8.46. The van der Waals surface area contributed by atoms with Crippen LogP contribution in [0.2, 0.25) is 0 Å². The number of nitrogens with one attached hydrogen (secondary N) is 2. The molecule has 3 aromatic carbocycles. The lowest BCUT2D eigenvalue weighted by Crippen LogP contribution is -2.41. The second-order valence-corrected chi connectivity index (χ2v) is 9.78. The number of hydrogen-bond donors (Lipinski definition) is 2. The van der Waals surface area contributed by atoms with Crippen LogP contribution >= 0.6 is 0 Å². The summed E-state index contributed by atoms with van der Waals surface area (Å²) >= 11 is 0. The lowest BCUT2D eigenvalue weighted by Gasteiger charge is -2.26. The number of anilines is 2. The Morgan fingerprint density at radius 3 is 2.48 bits per heavy atom. The van der Waals surface area contributed by atoms with E-state index in [1.165, 1.54) is 10.9 Å². The Morgan fingerprint density at radius 2 is 1.73 bits per heavy atom. The number of carbonyl (C=O) groups is 1. The van der Waals surface area contributed by atoms with Gasteiger partial charge in [-0.25, -0.2) is 0 Å². The highest BCUT2D eigenvalue weighted by Gasteiger charge is 2.17. The predicted molar refractivity (Wildman–Crippen MR) is 155 cm³/mol. The van der Waals surface area contributed by atoms with Crippen LogP contribution in [0.4, 0.5) is 11.4 Å². The fourth-order valence-corrected chi connectivity index (χ4v) is 4.64. The first kappa shape index (κ1) is 27.1. The average molecular weight is 540 g/mol. The van der Waals surface area contributed by atoms with E-state index >= 15 is 0 Å². The molecule has 5 rings (SSSR count). The Balaban J connectivity index is 1.40. The van der Waals surface area contributed by atoms with Gasteiger partial charge < -0.3 is 20.1 Å². The van der Waals surface area contributed by atoms with E-state index in [1.54, 1.807) is 24.3 Å². The van der Waals surface area contributed by atoms with Crippen LogP contribution in [0.3, 0.4) is 0 Å². The molecular weight excluding hydrogens is 506 g/mol. The number of aromatic nitrogens is 2. The van der Waals surface area contributed by atoms with Crippen molar-refractivity contribution in [2.24, 2.45) is 0 Å². The van der Waals surface area contributed by atoms with Crippen molar-refractivity contribution in [3.63, 3.8) is 0 Å². The molecule has 9 heteroatoms. The summed E-state index contributed by atoms with van der Waals surface area (Å²) in [6, 6.07) is 22.1. The topological polar surface area (TPSA) is 97.7 Å². The van der Waals surface area contributed by atoms with E-state index in [0.717, 1.165) is 44.0 Å². The maximum Gasteiger partial charge on any atom is 0.299 e. The molecule has 0 bridgehead atoms. The zero-order chi connectivity index (χ0) is 27.9. The molecule has 2 N–H and O–H groups in total. The van der Waals surface area contributed by atoms with Crippen LogP contribution in [0.25, 0.3) is 5.69 Å². The van der Waals surface area contributed by atoms with Crippen molar-refractivity contribution in [1.29, 1.82) is 0 Å². The van der Waals surface area contributed by atoms with Crippen LogP contribution in [0.5, 0.6) is 11.5 Å². The number of aryl methyl sites for hydroxylation is 2. The highest BCUT2D eigenvalue weighted by molar-refractivity contribution is 5.95. The van der Waals surface area contributed by atoms with Gasteiger partial charge in [0.05, 0.1) is 25.1 Å². The van der Waals surface area contributed by atoms with Crippen LogP contribution in [0, 0.1) is 13.8 Å². The third kappa shape index (κ3) is 6.74. The van der Waals surface area contributed by atoms with Gasteiger partial charge in [-0.1, -0.05) is 30.3 Å². The van der Waals surface area contributed by atoms with E-state index in [2.05, 4.69) is 26.7 Å². The molecule has 40 heavy (non-hydrogen) atoms. The summed E-state index contributed by atoms with van der Waals surface area (Å²) in [5.74, 6) is 0.704. The number of rotatable bonds is 9. The van der Waals surface area contributed by atoms with E-state index in [9.17, 15) is 9.59 Å². The van der Waals surface area contributed by atoms with E-state index < -0.39 is 0 Å². The van der Waals surface area contributed by atoms with E-state index in [1.807, 2.05) is 56.3 Å². The monoisotopic (exact) mass is 539 g/mol. The molecule has 206 valence electrons.